The van der Waals surface area contributed by atoms with Crippen molar-refractivity contribution >= 4 is 0 Å². The lowest BCUT2D eigenvalue weighted by Gasteiger charge is -2.08. The fraction of sp³-hybridized carbons (Fsp3) is 0.500. The lowest BCUT2D eigenvalue weighted by molar-refractivity contribution is 0.509. The summed E-state index contributed by atoms with van der Waals surface area (Å²) < 4.78 is 14.6. The molecule has 0 fully saturated rings. The first-order valence-electron chi connectivity index (χ1n) is 6.85. The van der Waals surface area contributed by atoms with Gasteiger partial charge in [0.25, 0.3) is 0 Å². The van der Waals surface area contributed by atoms with Gasteiger partial charge in [-0.2, -0.15) is 0 Å². The molecule has 6 heteroatoms. The zero-order valence-electron chi connectivity index (χ0n) is 11.9. The van der Waals surface area contributed by atoms with E-state index in [9.17, 15) is 4.39 Å². The molecule has 1 N–H and O–H groups in total. The SMILES string of the molecule is CC(C)CNCc1nnnn1CCc1ccc(F)cc1. The van der Waals surface area contributed by atoms with Gasteiger partial charge in [-0.05, 0) is 47.0 Å². The van der Waals surface area contributed by atoms with Crippen LogP contribution in [-0.2, 0) is 19.5 Å². The maximum absolute atomic E-state index is 12.8. The van der Waals surface area contributed by atoms with Crippen LogP contribution >= 0.6 is 0 Å². The summed E-state index contributed by atoms with van der Waals surface area (Å²) in [6.07, 6.45) is 0.780. The molecule has 2 rings (SSSR count). The molecule has 1 aromatic heterocycles. The van der Waals surface area contributed by atoms with Crippen molar-refractivity contribution in [2.75, 3.05) is 6.54 Å². The molecular weight excluding hydrogens is 257 g/mol. The van der Waals surface area contributed by atoms with E-state index in [0.717, 1.165) is 24.4 Å². The summed E-state index contributed by atoms with van der Waals surface area (Å²) in [7, 11) is 0. The van der Waals surface area contributed by atoms with Crippen LogP contribution in [0.25, 0.3) is 0 Å². The van der Waals surface area contributed by atoms with E-state index in [2.05, 4.69) is 34.7 Å². The summed E-state index contributed by atoms with van der Waals surface area (Å²) in [6, 6.07) is 6.52. The van der Waals surface area contributed by atoms with E-state index in [-0.39, 0.29) is 5.82 Å². The van der Waals surface area contributed by atoms with E-state index >= 15 is 0 Å². The molecule has 0 amide bonds. The Hall–Kier alpha value is -1.82. The molecule has 0 aliphatic carbocycles. The molecule has 5 nitrogen and oxygen atoms in total. The van der Waals surface area contributed by atoms with Crippen molar-refractivity contribution in [3.8, 4) is 0 Å². The van der Waals surface area contributed by atoms with Crippen molar-refractivity contribution in [1.82, 2.24) is 25.5 Å². The van der Waals surface area contributed by atoms with Crippen LogP contribution in [0.1, 0.15) is 25.2 Å². The van der Waals surface area contributed by atoms with E-state index in [0.29, 0.717) is 19.0 Å². The predicted octanol–water partition coefficient (Wildman–Crippen LogP) is 1.80. The van der Waals surface area contributed by atoms with Gasteiger partial charge < -0.3 is 5.32 Å². The number of hydrogen-bond acceptors (Lipinski definition) is 4. The first kappa shape index (κ1) is 14.6. The minimum absolute atomic E-state index is 0.213. The fourth-order valence-electron chi connectivity index (χ4n) is 1.88. The van der Waals surface area contributed by atoms with Crippen LogP contribution in [0.5, 0.6) is 0 Å². The number of aromatic nitrogens is 4. The smallest absolute Gasteiger partial charge is 0.165 e. The predicted molar refractivity (Wildman–Crippen MR) is 74.5 cm³/mol. The van der Waals surface area contributed by atoms with Crippen LogP contribution in [0, 0.1) is 11.7 Å². The third kappa shape index (κ3) is 4.38. The van der Waals surface area contributed by atoms with Crippen molar-refractivity contribution in [3.63, 3.8) is 0 Å². The van der Waals surface area contributed by atoms with Gasteiger partial charge in [0.2, 0.25) is 0 Å². The first-order chi connectivity index (χ1) is 9.65. The third-order valence-corrected chi connectivity index (χ3v) is 2.97. The van der Waals surface area contributed by atoms with Crippen LogP contribution in [0.15, 0.2) is 24.3 Å². The number of benzene rings is 1. The zero-order valence-corrected chi connectivity index (χ0v) is 11.9. The highest BCUT2D eigenvalue weighted by molar-refractivity contribution is 5.15. The summed E-state index contributed by atoms with van der Waals surface area (Å²) in [5.41, 5.74) is 1.07. The number of hydrogen-bond donors (Lipinski definition) is 1. The molecule has 108 valence electrons. The van der Waals surface area contributed by atoms with Crippen LogP contribution in [0.2, 0.25) is 0 Å². The van der Waals surface area contributed by atoms with E-state index in [1.54, 1.807) is 16.8 Å². The quantitative estimate of drug-likeness (QED) is 0.838. The Labute approximate surface area is 118 Å². The minimum Gasteiger partial charge on any atom is -0.310 e. The number of aryl methyl sites for hydroxylation is 2. The summed E-state index contributed by atoms with van der Waals surface area (Å²) in [5, 5.41) is 15.0. The van der Waals surface area contributed by atoms with Crippen LogP contribution < -0.4 is 5.32 Å². The van der Waals surface area contributed by atoms with Crippen molar-refractivity contribution in [2.24, 2.45) is 5.92 Å². The largest absolute Gasteiger partial charge is 0.310 e. The number of halogens is 1. The average molecular weight is 277 g/mol. The summed E-state index contributed by atoms with van der Waals surface area (Å²) >= 11 is 0. The van der Waals surface area contributed by atoms with Gasteiger partial charge in [-0.25, -0.2) is 9.07 Å². The van der Waals surface area contributed by atoms with Gasteiger partial charge in [0, 0.05) is 6.54 Å². The highest BCUT2D eigenvalue weighted by Crippen LogP contribution is 2.05. The standard InChI is InChI=1S/C14H20FN5/c1-11(2)9-16-10-14-17-18-19-20(14)8-7-12-3-5-13(15)6-4-12/h3-6,11,16H,7-10H2,1-2H3. The Morgan fingerprint density at radius 1 is 1.25 bits per heavy atom. The molecule has 0 aliphatic heterocycles. The van der Waals surface area contributed by atoms with Crippen molar-refractivity contribution < 1.29 is 4.39 Å². The van der Waals surface area contributed by atoms with E-state index in [4.69, 9.17) is 0 Å². The third-order valence-electron chi connectivity index (χ3n) is 2.97. The fourth-order valence-corrected chi connectivity index (χ4v) is 1.88. The van der Waals surface area contributed by atoms with Crippen molar-refractivity contribution in [1.29, 1.82) is 0 Å². The molecule has 0 radical (unpaired) electrons. The van der Waals surface area contributed by atoms with Gasteiger partial charge in [0.1, 0.15) is 5.82 Å². The van der Waals surface area contributed by atoms with Gasteiger partial charge >= 0.3 is 0 Å². The number of nitrogens with one attached hydrogen (secondary N) is 1. The Balaban J connectivity index is 1.86. The van der Waals surface area contributed by atoms with Crippen molar-refractivity contribution in [3.05, 3.63) is 41.5 Å². The van der Waals surface area contributed by atoms with Gasteiger partial charge in [-0.3, -0.25) is 0 Å². The van der Waals surface area contributed by atoms with Crippen LogP contribution in [0.4, 0.5) is 4.39 Å². The van der Waals surface area contributed by atoms with Gasteiger partial charge in [0.05, 0.1) is 6.54 Å². The molecule has 0 aliphatic rings. The Bertz CT molecular complexity index is 521. The molecule has 20 heavy (non-hydrogen) atoms. The molecule has 0 saturated carbocycles. The Morgan fingerprint density at radius 3 is 2.70 bits per heavy atom. The maximum Gasteiger partial charge on any atom is 0.165 e. The van der Waals surface area contributed by atoms with E-state index in [1.165, 1.54) is 12.1 Å². The molecule has 1 heterocycles. The van der Waals surface area contributed by atoms with E-state index in [1.807, 2.05) is 0 Å². The molecule has 0 saturated heterocycles. The topological polar surface area (TPSA) is 55.6 Å². The lowest BCUT2D eigenvalue weighted by Crippen LogP contribution is -2.22. The molecular formula is C14H20FN5. The monoisotopic (exact) mass is 277 g/mol. The molecule has 2 aromatic rings. The molecule has 0 spiro atoms. The highest BCUT2D eigenvalue weighted by Gasteiger charge is 2.06. The molecule has 0 atom stereocenters. The second-order valence-corrected chi connectivity index (χ2v) is 5.22. The highest BCUT2D eigenvalue weighted by atomic mass is 19.1. The number of tetrazole rings is 1. The maximum atomic E-state index is 12.8. The van der Waals surface area contributed by atoms with Crippen LogP contribution in [-0.4, -0.2) is 26.8 Å². The minimum atomic E-state index is -0.213. The Kier molecular flexibility index (Phi) is 5.17. The Morgan fingerprint density at radius 2 is 2.00 bits per heavy atom. The molecule has 0 bridgehead atoms. The molecule has 1 aromatic carbocycles. The van der Waals surface area contributed by atoms with Gasteiger partial charge in [0.15, 0.2) is 5.82 Å². The second kappa shape index (κ2) is 7.09. The van der Waals surface area contributed by atoms with Crippen molar-refractivity contribution in [2.45, 2.75) is 33.4 Å². The number of rotatable bonds is 7. The average Bonchev–Trinajstić information content (AvgIpc) is 2.85. The first-order valence-corrected chi connectivity index (χ1v) is 6.85. The lowest BCUT2D eigenvalue weighted by atomic mass is 10.1. The van der Waals surface area contributed by atoms with Gasteiger partial charge in [-0.15, -0.1) is 5.10 Å². The number of nitrogens with zero attached hydrogens (tertiary/aromatic N) is 4. The zero-order chi connectivity index (χ0) is 14.4. The van der Waals surface area contributed by atoms with E-state index < -0.39 is 0 Å². The van der Waals surface area contributed by atoms with Crippen LogP contribution in [0.3, 0.4) is 0 Å². The van der Waals surface area contributed by atoms with Gasteiger partial charge in [-0.1, -0.05) is 26.0 Å². The summed E-state index contributed by atoms with van der Waals surface area (Å²) in [5.74, 6) is 1.21. The summed E-state index contributed by atoms with van der Waals surface area (Å²) in [6.45, 7) is 6.60. The summed E-state index contributed by atoms with van der Waals surface area (Å²) in [4.78, 5) is 0. The normalized spacial score (nSPS) is 11.2. The molecule has 0 unspecified atom stereocenters. The second-order valence-electron chi connectivity index (χ2n) is 5.22.